The number of aliphatic hydroxyl groups is 1. The number of hydrogen-bond donors (Lipinski definition) is 1. The van der Waals surface area contributed by atoms with Crippen molar-refractivity contribution in [2.75, 3.05) is 31.2 Å². The van der Waals surface area contributed by atoms with Crippen molar-refractivity contribution < 1.29 is 29.0 Å². The number of hydrogen-bond acceptors (Lipinski definition) is 6. The molecule has 2 amide bonds. The molecule has 5 rings (SSSR count). The van der Waals surface area contributed by atoms with Crippen LogP contribution in [0, 0.1) is 11.8 Å². The van der Waals surface area contributed by atoms with Crippen LogP contribution in [-0.2, 0) is 23.9 Å². The molecule has 3 unspecified atom stereocenters. The van der Waals surface area contributed by atoms with Gasteiger partial charge in [-0.25, -0.2) is 0 Å². The number of benzene rings is 2. The average Bonchev–Trinajstić information content (AvgIpc) is 3.60. The Labute approximate surface area is 261 Å². The topological polar surface area (TPSA) is 96.4 Å². The number of halogens is 1. The molecule has 0 saturated carbocycles. The number of carbonyl (C=O) groups excluding carboxylic acids is 3. The smallest absolute Gasteiger partial charge is 0.312 e. The molecule has 6 atom stereocenters. The SMILES string of the molecule is C=CCCCOC(=O)[C@H]1[C@H]2C(=O)N(CCCCCCO)C(C(=O)N(CC=C)c3ccc4ccccc4c3)C23CC(Br)[C@@H]1O3. The van der Waals surface area contributed by atoms with E-state index in [2.05, 4.69) is 29.1 Å². The first kappa shape index (κ1) is 31.4. The number of allylic oxidation sites excluding steroid dienone is 1. The number of aliphatic hydroxyl groups excluding tert-OH is 1. The van der Waals surface area contributed by atoms with E-state index >= 15 is 0 Å². The Morgan fingerprint density at radius 2 is 1.86 bits per heavy atom. The van der Waals surface area contributed by atoms with Gasteiger partial charge in [0.1, 0.15) is 11.6 Å². The summed E-state index contributed by atoms with van der Waals surface area (Å²) in [6.07, 6.45) is 7.71. The molecule has 2 aromatic rings. The van der Waals surface area contributed by atoms with Gasteiger partial charge in [-0.2, -0.15) is 0 Å². The van der Waals surface area contributed by atoms with Crippen LogP contribution in [0.5, 0.6) is 0 Å². The second-order valence-corrected chi connectivity index (χ2v) is 12.9. The first-order valence-electron chi connectivity index (χ1n) is 15.3. The van der Waals surface area contributed by atoms with Gasteiger partial charge in [-0.1, -0.05) is 71.3 Å². The molecule has 43 heavy (non-hydrogen) atoms. The third kappa shape index (κ3) is 5.91. The van der Waals surface area contributed by atoms with Gasteiger partial charge in [0.05, 0.1) is 24.5 Å². The number of unbranched alkanes of at least 4 members (excludes halogenated alkanes) is 4. The van der Waals surface area contributed by atoms with Gasteiger partial charge in [-0.05, 0) is 55.0 Å². The maximum Gasteiger partial charge on any atom is 0.312 e. The minimum absolute atomic E-state index is 0.121. The zero-order valence-corrected chi connectivity index (χ0v) is 26.1. The Hall–Kier alpha value is -3.01. The zero-order chi connectivity index (χ0) is 30.6. The second kappa shape index (κ2) is 13.7. The van der Waals surface area contributed by atoms with E-state index < -0.39 is 35.6 Å². The summed E-state index contributed by atoms with van der Waals surface area (Å²) in [7, 11) is 0. The second-order valence-electron chi connectivity index (χ2n) is 11.7. The Morgan fingerprint density at radius 1 is 1.09 bits per heavy atom. The predicted molar refractivity (Wildman–Crippen MR) is 170 cm³/mol. The van der Waals surface area contributed by atoms with Crippen LogP contribution in [-0.4, -0.2) is 76.7 Å². The van der Waals surface area contributed by atoms with Crippen LogP contribution in [0.2, 0.25) is 0 Å². The summed E-state index contributed by atoms with van der Waals surface area (Å²) in [6, 6.07) is 12.9. The highest BCUT2D eigenvalue weighted by Crippen LogP contribution is 2.60. The summed E-state index contributed by atoms with van der Waals surface area (Å²) in [5.74, 6) is -2.52. The summed E-state index contributed by atoms with van der Waals surface area (Å²) >= 11 is 3.73. The molecule has 3 heterocycles. The van der Waals surface area contributed by atoms with Crippen LogP contribution in [0.4, 0.5) is 5.69 Å². The summed E-state index contributed by atoms with van der Waals surface area (Å²) in [5.41, 5.74) is -0.445. The first-order chi connectivity index (χ1) is 20.9. The molecule has 8 nitrogen and oxygen atoms in total. The van der Waals surface area contributed by atoms with Gasteiger partial charge in [0.15, 0.2) is 0 Å². The maximum absolute atomic E-state index is 14.7. The third-order valence-corrected chi connectivity index (χ3v) is 9.87. The molecule has 2 bridgehead atoms. The quantitative estimate of drug-likeness (QED) is 0.123. The van der Waals surface area contributed by atoms with Crippen LogP contribution in [0.3, 0.4) is 0 Å². The summed E-state index contributed by atoms with van der Waals surface area (Å²) in [5, 5.41) is 11.3. The molecule has 1 N–H and O–H groups in total. The van der Waals surface area contributed by atoms with Crippen LogP contribution in [0.15, 0.2) is 67.8 Å². The van der Waals surface area contributed by atoms with Crippen molar-refractivity contribution in [3.05, 3.63) is 67.8 Å². The van der Waals surface area contributed by atoms with Crippen molar-refractivity contribution >= 4 is 50.2 Å². The van der Waals surface area contributed by atoms with Crippen molar-refractivity contribution in [2.45, 2.75) is 67.5 Å². The molecule has 0 aliphatic carbocycles. The lowest BCUT2D eigenvalue weighted by molar-refractivity contribution is -0.155. The highest BCUT2D eigenvalue weighted by Gasteiger charge is 2.77. The average molecular weight is 654 g/mol. The number of anilines is 1. The summed E-state index contributed by atoms with van der Waals surface area (Å²) in [4.78, 5) is 45.6. The molecule has 0 radical (unpaired) electrons. The number of rotatable bonds is 15. The van der Waals surface area contributed by atoms with Gasteiger partial charge in [-0.3, -0.25) is 14.4 Å². The third-order valence-electron chi connectivity index (χ3n) is 9.02. The van der Waals surface area contributed by atoms with Crippen LogP contribution in [0.1, 0.15) is 44.9 Å². The lowest BCUT2D eigenvalue weighted by atomic mass is 9.70. The van der Waals surface area contributed by atoms with Crippen LogP contribution in [0.25, 0.3) is 10.8 Å². The van der Waals surface area contributed by atoms with E-state index in [1.165, 1.54) is 0 Å². The number of carbonyl (C=O) groups is 3. The molecule has 3 aliphatic heterocycles. The lowest BCUT2D eigenvalue weighted by Crippen LogP contribution is -2.57. The molecular formula is C34H41BrN2O6. The van der Waals surface area contributed by atoms with E-state index in [-0.39, 0.29) is 36.4 Å². The van der Waals surface area contributed by atoms with Crippen LogP contribution >= 0.6 is 15.9 Å². The minimum Gasteiger partial charge on any atom is -0.465 e. The highest BCUT2D eigenvalue weighted by molar-refractivity contribution is 9.09. The number of fused-ring (bicyclic) bond motifs is 2. The van der Waals surface area contributed by atoms with Crippen molar-refractivity contribution in [1.29, 1.82) is 0 Å². The van der Waals surface area contributed by atoms with E-state index in [1.54, 1.807) is 22.0 Å². The van der Waals surface area contributed by atoms with E-state index in [9.17, 15) is 19.5 Å². The molecule has 9 heteroatoms. The number of ether oxygens (including phenoxy) is 2. The Kier molecular flexibility index (Phi) is 10.0. The van der Waals surface area contributed by atoms with E-state index in [0.29, 0.717) is 37.9 Å². The molecule has 3 aliphatic rings. The maximum atomic E-state index is 14.7. The van der Waals surface area contributed by atoms with Crippen LogP contribution < -0.4 is 4.90 Å². The van der Waals surface area contributed by atoms with Crippen molar-refractivity contribution in [2.24, 2.45) is 11.8 Å². The number of nitrogens with zero attached hydrogens (tertiary/aromatic N) is 2. The standard InChI is InChI=1S/C34H41BrN2O6/c1-3-5-12-20-42-33(41)27-28-31(39)37(18-10-6-7-11-19-38)30(34(28)22-26(35)29(27)43-34)32(40)36(17-4-2)25-16-15-23-13-8-9-14-24(23)21-25/h3-4,8-9,13-16,21,26-30,38H,1-2,5-7,10-12,17-20,22H2/t26?,27-,28-,29-,30?,34?/m0/s1. The Balaban J connectivity index is 1.50. The molecule has 230 valence electrons. The van der Waals surface area contributed by atoms with Gasteiger partial charge in [0.25, 0.3) is 5.91 Å². The number of amides is 2. The number of likely N-dealkylation sites (tertiary alicyclic amines) is 1. The normalized spacial score (nSPS) is 27.3. The largest absolute Gasteiger partial charge is 0.465 e. The molecule has 1 spiro atoms. The van der Waals surface area contributed by atoms with Crippen molar-refractivity contribution in [1.82, 2.24) is 4.90 Å². The van der Waals surface area contributed by atoms with Crippen molar-refractivity contribution in [3.8, 4) is 0 Å². The van der Waals surface area contributed by atoms with Gasteiger partial charge < -0.3 is 24.4 Å². The van der Waals surface area contributed by atoms with Gasteiger partial charge >= 0.3 is 5.97 Å². The van der Waals surface area contributed by atoms with E-state index in [0.717, 1.165) is 30.0 Å². The number of alkyl halides is 1. The van der Waals surface area contributed by atoms with E-state index in [4.69, 9.17) is 9.47 Å². The molecule has 2 aromatic carbocycles. The first-order valence-corrected chi connectivity index (χ1v) is 16.2. The fourth-order valence-corrected chi connectivity index (χ4v) is 8.05. The van der Waals surface area contributed by atoms with Gasteiger partial charge in [0, 0.05) is 30.2 Å². The Bertz CT molecular complexity index is 1370. The predicted octanol–water partition coefficient (Wildman–Crippen LogP) is 5.17. The summed E-state index contributed by atoms with van der Waals surface area (Å²) < 4.78 is 12.3. The zero-order valence-electron chi connectivity index (χ0n) is 24.5. The molecular weight excluding hydrogens is 612 g/mol. The van der Waals surface area contributed by atoms with E-state index in [1.807, 2.05) is 42.5 Å². The Morgan fingerprint density at radius 3 is 2.60 bits per heavy atom. The molecule has 3 saturated heterocycles. The minimum atomic E-state index is -1.15. The van der Waals surface area contributed by atoms with Gasteiger partial charge in [-0.15, -0.1) is 13.2 Å². The summed E-state index contributed by atoms with van der Waals surface area (Å²) in [6.45, 7) is 8.60. The lowest BCUT2D eigenvalue weighted by Gasteiger charge is -2.37. The monoisotopic (exact) mass is 652 g/mol. The van der Waals surface area contributed by atoms with Gasteiger partial charge in [0.2, 0.25) is 5.91 Å². The fourth-order valence-electron chi connectivity index (χ4n) is 7.11. The highest BCUT2D eigenvalue weighted by atomic mass is 79.9. The number of esters is 1. The molecule has 0 aromatic heterocycles. The van der Waals surface area contributed by atoms with Crippen molar-refractivity contribution in [3.63, 3.8) is 0 Å². The molecule has 3 fully saturated rings. The fraction of sp³-hybridized carbons (Fsp3) is 0.500.